The fourth-order valence-corrected chi connectivity index (χ4v) is 1.99. The Kier molecular flexibility index (Phi) is 7.60. The fourth-order valence-electron chi connectivity index (χ4n) is 1.68. The molecule has 0 aromatic heterocycles. The molecule has 1 aromatic rings. The molecule has 1 rings (SSSR count). The first-order valence-corrected chi connectivity index (χ1v) is 7.56. The van der Waals surface area contributed by atoms with Crippen molar-refractivity contribution in [3.8, 4) is 6.07 Å². The molecule has 0 heterocycles. The van der Waals surface area contributed by atoms with Crippen molar-refractivity contribution in [3.63, 3.8) is 0 Å². The molecule has 0 aliphatic heterocycles. The van der Waals surface area contributed by atoms with Crippen LogP contribution in [-0.4, -0.2) is 36.5 Å². The SMILES string of the molecule is C[C@@H](OC(=O)/C=C/c1ccc(Cl)c(Cl)c1)C(=O)N(C)CCC#N. The van der Waals surface area contributed by atoms with Crippen LogP contribution in [-0.2, 0) is 14.3 Å². The predicted octanol–water partition coefficient (Wildman–Crippen LogP) is 3.31. The predicted molar refractivity (Wildman–Crippen MR) is 88.9 cm³/mol. The highest BCUT2D eigenvalue weighted by molar-refractivity contribution is 6.42. The normalized spacial score (nSPS) is 11.8. The number of benzene rings is 1. The summed E-state index contributed by atoms with van der Waals surface area (Å²) in [5.41, 5.74) is 0.682. The molecular weight excluding hydrogens is 339 g/mol. The van der Waals surface area contributed by atoms with E-state index in [1.165, 1.54) is 24.0 Å². The maximum atomic E-state index is 11.9. The van der Waals surface area contributed by atoms with Crippen molar-refractivity contribution in [2.75, 3.05) is 13.6 Å². The van der Waals surface area contributed by atoms with E-state index < -0.39 is 12.1 Å². The van der Waals surface area contributed by atoms with Crippen LogP contribution in [0.15, 0.2) is 24.3 Å². The summed E-state index contributed by atoms with van der Waals surface area (Å²) in [5.74, 6) is -1.01. The van der Waals surface area contributed by atoms with Crippen molar-refractivity contribution in [1.29, 1.82) is 5.26 Å². The van der Waals surface area contributed by atoms with Gasteiger partial charge in [-0.1, -0.05) is 29.3 Å². The lowest BCUT2D eigenvalue weighted by molar-refractivity contribution is -0.154. The number of carbonyl (C=O) groups excluding carboxylic acids is 2. The Morgan fingerprint density at radius 3 is 2.70 bits per heavy atom. The first kappa shape index (κ1) is 19.0. The first-order chi connectivity index (χ1) is 10.8. The number of ether oxygens (including phenoxy) is 1. The van der Waals surface area contributed by atoms with Crippen LogP contribution in [0, 0.1) is 11.3 Å². The van der Waals surface area contributed by atoms with Crippen LogP contribution < -0.4 is 0 Å². The number of esters is 1. The number of hydrogen-bond acceptors (Lipinski definition) is 4. The molecule has 23 heavy (non-hydrogen) atoms. The van der Waals surface area contributed by atoms with Gasteiger partial charge in [-0.05, 0) is 30.7 Å². The van der Waals surface area contributed by atoms with Gasteiger partial charge in [0.2, 0.25) is 0 Å². The van der Waals surface area contributed by atoms with Gasteiger partial charge in [0.1, 0.15) is 0 Å². The van der Waals surface area contributed by atoms with Crippen LogP contribution >= 0.6 is 23.2 Å². The van der Waals surface area contributed by atoms with Gasteiger partial charge in [0.25, 0.3) is 5.91 Å². The number of nitrogens with zero attached hydrogens (tertiary/aromatic N) is 2. The largest absolute Gasteiger partial charge is 0.449 e. The van der Waals surface area contributed by atoms with Crippen LogP contribution in [0.5, 0.6) is 0 Å². The highest BCUT2D eigenvalue weighted by Gasteiger charge is 2.20. The quantitative estimate of drug-likeness (QED) is 0.580. The van der Waals surface area contributed by atoms with Gasteiger partial charge in [-0.25, -0.2) is 4.79 Å². The van der Waals surface area contributed by atoms with E-state index >= 15 is 0 Å². The second-order valence-corrected chi connectivity index (χ2v) is 5.57. The van der Waals surface area contributed by atoms with Crippen LogP contribution in [0.4, 0.5) is 0 Å². The second kappa shape index (κ2) is 9.19. The van der Waals surface area contributed by atoms with Crippen LogP contribution in [0.3, 0.4) is 0 Å². The van der Waals surface area contributed by atoms with Crippen molar-refractivity contribution in [2.45, 2.75) is 19.4 Å². The van der Waals surface area contributed by atoms with Gasteiger partial charge in [-0.3, -0.25) is 4.79 Å². The lowest BCUT2D eigenvalue weighted by Crippen LogP contribution is -2.37. The topological polar surface area (TPSA) is 70.4 Å². The Morgan fingerprint density at radius 2 is 2.09 bits per heavy atom. The van der Waals surface area contributed by atoms with Crippen molar-refractivity contribution in [1.82, 2.24) is 4.90 Å². The fraction of sp³-hybridized carbons (Fsp3) is 0.312. The van der Waals surface area contributed by atoms with E-state index in [9.17, 15) is 9.59 Å². The maximum absolute atomic E-state index is 11.9. The summed E-state index contributed by atoms with van der Waals surface area (Å²) < 4.78 is 5.03. The zero-order chi connectivity index (χ0) is 17.4. The molecule has 0 aliphatic rings. The van der Waals surface area contributed by atoms with E-state index in [1.54, 1.807) is 25.2 Å². The van der Waals surface area contributed by atoms with E-state index in [-0.39, 0.29) is 18.9 Å². The third-order valence-electron chi connectivity index (χ3n) is 2.93. The molecule has 0 saturated heterocycles. The Morgan fingerprint density at radius 1 is 1.39 bits per heavy atom. The minimum atomic E-state index is -0.926. The molecule has 1 aromatic carbocycles. The van der Waals surface area contributed by atoms with Crippen molar-refractivity contribution >= 4 is 41.2 Å². The van der Waals surface area contributed by atoms with Crippen LogP contribution in [0.2, 0.25) is 10.0 Å². The van der Waals surface area contributed by atoms with Gasteiger partial charge in [-0.2, -0.15) is 5.26 Å². The standard InChI is InChI=1S/C16H16Cl2N2O3/c1-11(16(22)20(2)9-3-8-19)23-15(21)7-5-12-4-6-13(17)14(18)10-12/h4-7,10-11H,3,9H2,1-2H3/b7-5+/t11-/m1/s1. The van der Waals surface area contributed by atoms with Crippen molar-refractivity contribution < 1.29 is 14.3 Å². The number of nitriles is 1. The Labute approximate surface area is 145 Å². The van der Waals surface area contributed by atoms with Gasteiger partial charge in [0.15, 0.2) is 6.10 Å². The molecule has 122 valence electrons. The lowest BCUT2D eigenvalue weighted by Gasteiger charge is -2.19. The van der Waals surface area contributed by atoms with Gasteiger partial charge < -0.3 is 9.64 Å². The van der Waals surface area contributed by atoms with E-state index in [2.05, 4.69) is 0 Å². The Balaban J connectivity index is 2.58. The Hall–Kier alpha value is -2.03. The zero-order valence-corrected chi connectivity index (χ0v) is 14.3. The molecule has 0 N–H and O–H groups in total. The molecule has 0 unspecified atom stereocenters. The summed E-state index contributed by atoms with van der Waals surface area (Å²) in [6.07, 6.45) is 2.02. The highest BCUT2D eigenvalue weighted by atomic mass is 35.5. The third kappa shape index (κ3) is 6.31. The van der Waals surface area contributed by atoms with Crippen LogP contribution in [0.25, 0.3) is 6.08 Å². The molecule has 1 amide bonds. The molecule has 0 radical (unpaired) electrons. The molecule has 5 nitrogen and oxygen atoms in total. The number of likely N-dealkylation sites (N-methyl/N-ethyl adjacent to an activating group) is 1. The molecular formula is C16H16Cl2N2O3. The minimum Gasteiger partial charge on any atom is -0.449 e. The third-order valence-corrected chi connectivity index (χ3v) is 3.67. The summed E-state index contributed by atoms with van der Waals surface area (Å²) >= 11 is 11.7. The maximum Gasteiger partial charge on any atom is 0.331 e. The van der Waals surface area contributed by atoms with E-state index in [0.717, 1.165) is 0 Å². The summed E-state index contributed by atoms with van der Waals surface area (Å²) in [6, 6.07) is 6.87. The van der Waals surface area contributed by atoms with E-state index in [1.807, 2.05) is 6.07 Å². The van der Waals surface area contributed by atoms with Crippen molar-refractivity contribution in [3.05, 3.63) is 39.9 Å². The number of carbonyl (C=O) groups is 2. The summed E-state index contributed by atoms with van der Waals surface area (Å²) in [6.45, 7) is 1.77. The lowest BCUT2D eigenvalue weighted by atomic mass is 10.2. The zero-order valence-electron chi connectivity index (χ0n) is 12.8. The summed E-state index contributed by atoms with van der Waals surface area (Å²) in [5, 5.41) is 9.30. The second-order valence-electron chi connectivity index (χ2n) is 4.75. The summed E-state index contributed by atoms with van der Waals surface area (Å²) in [7, 11) is 1.55. The molecule has 0 fully saturated rings. The molecule has 0 saturated carbocycles. The van der Waals surface area contributed by atoms with Gasteiger partial charge in [0.05, 0.1) is 22.5 Å². The molecule has 0 aliphatic carbocycles. The van der Waals surface area contributed by atoms with E-state index in [4.69, 9.17) is 33.2 Å². The summed E-state index contributed by atoms with van der Waals surface area (Å²) in [4.78, 5) is 25.0. The number of amides is 1. The smallest absolute Gasteiger partial charge is 0.331 e. The van der Waals surface area contributed by atoms with E-state index in [0.29, 0.717) is 15.6 Å². The number of hydrogen-bond donors (Lipinski definition) is 0. The number of halogens is 2. The van der Waals surface area contributed by atoms with Crippen LogP contribution in [0.1, 0.15) is 18.9 Å². The van der Waals surface area contributed by atoms with Gasteiger partial charge in [0, 0.05) is 19.7 Å². The minimum absolute atomic E-state index is 0.222. The molecule has 0 bridgehead atoms. The monoisotopic (exact) mass is 354 g/mol. The molecule has 7 heteroatoms. The van der Waals surface area contributed by atoms with Crippen molar-refractivity contribution in [2.24, 2.45) is 0 Å². The first-order valence-electron chi connectivity index (χ1n) is 6.80. The average Bonchev–Trinajstić information content (AvgIpc) is 2.52. The van der Waals surface area contributed by atoms with Gasteiger partial charge >= 0.3 is 5.97 Å². The highest BCUT2D eigenvalue weighted by Crippen LogP contribution is 2.23. The molecule has 0 spiro atoms. The average molecular weight is 355 g/mol. The Bertz CT molecular complexity index is 653. The number of rotatable bonds is 6. The molecule has 1 atom stereocenters. The van der Waals surface area contributed by atoms with Gasteiger partial charge in [-0.15, -0.1) is 0 Å².